The fourth-order valence-electron chi connectivity index (χ4n) is 1.33. The van der Waals surface area contributed by atoms with Gasteiger partial charge in [0.05, 0.1) is 5.39 Å². The van der Waals surface area contributed by atoms with Gasteiger partial charge in [-0.1, -0.05) is 6.92 Å². The van der Waals surface area contributed by atoms with Crippen molar-refractivity contribution in [3.63, 3.8) is 0 Å². The molecular weight excluding hydrogens is 184 g/mol. The summed E-state index contributed by atoms with van der Waals surface area (Å²) in [5.74, 6) is 0.790. The lowest BCUT2D eigenvalue weighted by Crippen LogP contribution is -2.00. The highest BCUT2D eigenvalue weighted by molar-refractivity contribution is 7.09. The molecule has 0 aliphatic heterocycles. The van der Waals surface area contributed by atoms with Gasteiger partial charge < -0.3 is 4.42 Å². The van der Waals surface area contributed by atoms with Gasteiger partial charge in [0, 0.05) is 17.2 Å². The molecule has 13 heavy (non-hydrogen) atoms. The van der Waals surface area contributed by atoms with Gasteiger partial charge in [-0.25, -0.2) is 4.79 Å². The maximum absolute atomic E-state index is 11.4. The molecule has 68 valence electrons. The predicted octanol–water partition coefficient (Wildman–Crippen LogP) is 2.81. The van der Waals surface area contributed by atoms with E-state index >= 15 is 0 Å². The molecule has 0 aliphatic rings. The number of hydrogen-bond donors (Lipinski definition) is 0. The lowest BCUT2D eigenvalue weighted by atomic mass is 10.2. The van der Waals surface area contributed by atoms with E-state index < -0.39 is 0 Å². The van der Waals surface area contributed by atoms with Crippen LogP contribution < -0.4 is 5.63 Å². The molecule has 0 radical (unpaired) electrons. The summed E-state index contributed by atoms with van der Waals surface area (Å²) in [6, 6.07) is 1.96. The van der Waals surface area contributed by atoms with Crippen LogP contribution in [0.4, 0.5) is 0 Å². The monoisotopic (exact) mass is 194 g/mol. The van der Waals surface area contributed by atoms with Crippen molar-refractivity contribution < 1.29 is 4.42 Å². The lowest BCUT2D eigenvalue weighted by molar-refractivity contribution is 0.464. The molecule has 0 aromatic carbocycles. The molecule has 0 bridgehead atoms. The van der Waals surface area contributed by atoms with Crippen molar-refractivity contribution in [3.05, 3.63) is 33.0 Å². The van der Waals surface area contributed by atoms with Crippen molar-refractivity contribution >= 4 is 22.1 Å². The van der Waals surface area contributed by atoms with E-state index in [1.54, 1.807) is 0 Å². The minimum absolute atomic E-state index is 0.206. The second kappa shape index (κ2) is 3.34. The smallest absolute Gasteiger partial charge is 0.344 e. The average Bonchev–Trinajstić information content (AvgIpc) is 2.53. The Kier molecular flexibility index (Phi) is 2.19. The highest BCUT2D eigenvalue weighted by Crippen LogP contribution is 2.17. The summed E-state index contributed by atoms with van der Waals surface area (Å²) in [4.78, 5) is 11.4. The molecule has 2 heterocycles. The second-order valence-electron chi connectivity index (χ2n) is 2.99. The first-order chi connectivity index (χ1) is 6.31. The predicted molar refractivity (Wildman–Crippen MR) is 54.4 cm³/mol. The molecule has 0 unspecified atom stereocenters. The summed E-state index contributed by atoms with van der Waals surface area (Å²) in [6.45, 7) is 2.07. The fraction of sp³-hybridized carbons (Fsp3) is 0.300. The van der Waals surface area contributed by atoms with E-state index in [4.69, 9.17) is 4.42 Å². The first kappa shape index (κ1) is 8.51. The van der Waals surface area contributed by atoms with E-state index in [2.05, 4.69) is 6.92 Å². The maximum atomic E-state index is 11.4. The molecule has 0 N–H and O–H groups in total. The normalized spacial score (nSPS) is 10.8. The number of fused-ring (bicyclic) bond motifs is 1. The van der Waals surface area contributed by atoms with Crippen LogP contribution in [0.15, 0.2) is 26.0 Å². The fourth-order valence-corrected chi connectivity index (χ4v) is 2.11. The van der Waals surface area contributed by atoms with Gasteiger partial charge in [0.1, 0.15) is 5.76 Å². The van der Waals surface area contributed by atoms with Gasteiger partial charge in [-0.3, -0.25) is 0 Å². The van der Waals surface area contributed by atoms with E-state index in [-0.39, 0.29) is 5.63 Å². The van der Waals surface area contributed by atoms with Gasteiger partial charge in [-0.05, 0) is 17.9 Å². The first-order valence-corrected chi connectivity index (χ1v) is 5.24. The SMILES string of the molecule is CCCc1cc2cscc2c(=O)o1. The molecule has 2 nitrogen and oxygen atoms in total. The summed E-state index contributed by atoms with van der Waals surface area (Å²) in [7, 11) is 0. The highest BCUT2D eigenvalue weighted by atomic mass is 32.1. The van der Waals surface area contributed by atoms with E-state index in [9.17, 15) is 4.79 Å². The summed E-state index contributed by atoms with van der Waals surface area (Å²) in [5.41, 5.74) is -0.206. The molecule has 2 rings (SSSR count). The molecule has 0 spiro atoms. The quantitative estimate of drug-likeness (QED) is 0.735. The zero-order valence-corrected chi connectivity index (χ0v) is 8.19. The Hall–Kier alpha value is -1.09. The van der Waals surface area contributed by atoms with Gasteiger partial charge in [0.2, 0.25) is 0 Å². The van der Waals surface area contributed by atoms with Gasteiger partial charge in [-0.2, -0.15) is 11.3 Å². The standard InChI is InChI=1S/C10H10O2S/c1-2-3-8-4-7-5-13-6-9(7)10(11)12-8/h4-6H,2-3H2,1H3. The van der Waals surface area contributed by atoms with E-state index in [0.717, 1.165) is 24.0 Å². The molecule has 0 aliphatic carbocycles. The summed E-state index contributed by atoms with van der Waals surface area (Å²) in [6.07, 6.45) is 1.83. The van der Waals surface area contributed by atoms with Crippen LogP contribution in [0.3, 0.4) is 0 Å². The number of thiophene rings is 1. The van der Waals surface area contributed by atoms with Crippen LogP contribution in [0.25, 0.3) is 10.8 Å². The third-order valence-corrected chi connectivity index (χ3v) is 2.71. The molecule has 2 aromatic heterocycles. The van der Waals surface area contributed by atoms with E-state index in [1.807, 2.05) is 16.8 Å². The Morgan fingerprint density at radius 2 is 2.31 bits per heavy atom. The molecule has 3 heteroatoms. The van der Waals surface area contributed by atoms with Crippen molar-refractivity contribution in [2.45, 2.75) is 19.8 Å². The molecule has 0 atom stereocenters. The zero-order valence-electron chi connectivity index (χ0n) is 7.37. The van der Waals surface area contributed by atoms with Gasteiger partial charge in [0.15, 0.2) is 0 Å². The van der Waals surface area contributed by atoms with Gasteiger partial charge in [-0.15, -0.1) is 0 Å². The van der Waals surface area contributed by atoms with Crippen LogP contribution in [-0.2, 0) is 6.42 Å². The van der Waals surface area contributed by atoms with Crippen molar-refractivity contribution in [1.29, 1.82) is 0 Å². The molecular formula is C10H10O2S. The molecule has 0 amide bonds. The van der Waals surface area contributed by atoms with Gasteiger partial charge in [0.25, 0.3) is 0 Å². The van der Waals surface area contributed by atoms with Crippen LogP contribution >= 0.6 is 11.3 Å². The van der Waals surface area contributed by atoms with Crippen LogP contribution in [0.5, 0.6) is 0 Å². The molecule has 0 saturated heterocycles. The van der Waals surface area contributed by atoms with Crippen molar-refractivity contribution in [1.82, 2.24) is 0 Å². The number of rotatable bonds is 2. The van der Waals surface area contributed by atoms with Crippen LogP contribution in [0.1, 0.15) is 19.1 Å². The topological polar surface area (TPSA) is 30.2 Å². The van der Waals surface area contributed by atoms with Crippen molar-refractivity contribution in [2.75, 3.05) is 0 Å². The van der Waals surface area contributed by atoms with E-state index in [0.29, 0.717) is 5.39 Å². The second-order valence-corrected chi connectivity index (χ2v) is 3.73. The minimum atomic E-state index is -0.206. The largest absolute Gasteiger partial charge is 0.427 e. The Bertz CT molecular complexity index is 467. The molecule has 0 fully saturated rings. The van der Waals surface area contributed by atoms with Crippen molar-refractivity contribution in [3.8, 4) is 0 Å². The average molecular weight is 194 g/mol. The Balaban J connectivity index is 2.63. The molecule has 2 aromatic rings. The minimum Gasteiger partial charge on any atom is -0.427 e. The third kappa shape index (κ3) is 1.52. The summed E-state index contributed by atoms with van der Waals surface area (Å²) < 4.78 is 5.14. The Labute approximate surface area is 79.8 Å². The lowest BCUT2D eigenvalue weighted by Gasteiger charge is -1.96. The van der Waals surface area contributed by atoms with Crippen LogP contribution in [-0.4, -0.2) is 0 Å². The third-order valence-electron chi connectivity index (χ3n) is 1.95. The Morgan fingerprint density at radius 3 is 3.08 bits per heavy atom. The molecule has 0 saturated carbocycles. The Morgan fingerprint density at radius 1 is 1.46 bits per heavy atom. The summed E-state index contributed by atoms with van der Waals surface area (Å²) in [5, 5.41) is 5.51. The first-order valence-electron chi connectivity index (χ1n) is 4.30. The van der Waals surface area contributed by atoms with Crippen LogP contribution in [0.2, 0.25) is 0 Å². The number of aryl methyl sites for hydroxylation is 1. The number of hydrogen-bond acceptors (Lipinski definition) is 3. The highest BCUT2D eigenvalue weighted by Gasteiger charge is 2.03. The van der Waals surface area contributed by atoms with Crippen LogP contribution in [0, 0.1) is 0 Å². The maximum Gasteiger partial charge on any atom is 0.344 e. The van der Waals surface area contributed by atoms with Crippen molar-refractivity contribution in [2.24, 2.45) is 0 Å². The zero-order chi connectivity index (χ0) is 9.26. The van der Waals surface area contributed by atoms with E-state index in [1.165, 1.54) is 11.3 Å². The van der Waals surface area contributed by atoms with Gasteiger partial charge >= 0.3 is 5.63 Å². The summed E-state index contributed by atoms with van der Waals surface area (Å²) >= 11 is 1.53.